The quantitative estimate of drug-likeness (QED) is 0.466. The zero-order valence-corrected chi connectivity index (χ0v) is 18.5. The highest BCUT2D eigenvalue weighted by atomic mass is 32.2. The predicted molar refractivity (Wildman–Crippen MR) is 126 cm³/mol. The highest BCUT2D eigenvalue weighted by molar-refractivity contribution is 8.00. The number of thioether (sulfide) groups is 1. The number of nitrogens with zero attached hydrogens (tertiary/aromatic N) is 3. The first-order valence-electron chi connectivity index (χ1n) is 11.3. The van der Waals surface area contributed by atoms with E-state index in [9.17, 15) is 4.79 Å². The summed E-state index contributed by atoms with van der Waals surface area (Å²) in [6, 6.07) is 17.0. The SMILES string of the molecule is O=C(CSc1nc(N2CCc3ccccc3C2)nc2ccccc12)NC1CCCCC1. The Morgan fingerprint density at radius 1 is 1.00 bits per heavy atom. The van der Waals surface area contributed by atoms with Gasteiger partial charge in [-0.15, -0.1) is 0 Å². The Morgan fingerprint density at radius 3 is 2.65 bits per heavy atom. The minimum atomic E-state index is 0.105. The van der Waals surface area contributed by atoms with E-state index in [1.54, 1.807) is 0 Å². The molecule has 1 saturated carbocycles. The van der Waals surface area contributed by atoms with Crippen LogP contribution in [0.3, 0.4) is 0 Å². The molecule has 31 heavy (non-hydrogen) atoms. The third-order valence-electron chi connectivity index (χ3n) is 6.28. The summed E-state index contributed by atoms with van der Waals surface area (Å²) in [4.78, 5) is 24.6. The van der Waals surface area contributed by atoms with Crippen molar-refractivity contribution in [2.24, 2.45) is 0 Å². The molecule has 5 nitrogen and oxygen atoms in total. The zero-order valence-electron chi connectivity index (χ0n) is 17.7. The number of amides is 1. The summed E-state index contributed by atoms with van der Waals surface area (Å²) in [6.45, 7) is 1.72. The maximum absolute atomic E-state index is 12.6. The Hall–Kier alpha value is -2.60. The number of aromatic nitrogens is 2. The summed E-state index contributed by atoms with van der Waals surface area (Å²) >= 11 is 1.52. The minimum Gasteiger partial charge on any atom is -0.353 e. The molecular weight excluding hydrogens is 404 g/mol. The van der Waals surface area contributed by atoms with Crippen molar-refractivity contribution in [1.82, 2.24) is 15.3 Å². The molecule has 1 N–H and O–H groups in total. The lowest BCUT2D eigenvalue weighted by Crippen LogP contribution is -2.37. The molecule has 1 aromatic heterocycles. The van der Waals surface area contributed by atoms with Gasteiger partial charge < -0.3 is 10.2 Å². The number of fused-ring (bicyclic) bond motifs is 2. The van der Waals surface area contributed by atoms with Gasteiger partial charge in [0.2, 0.25) is 11.9 Å². The van der Waals surface area contributed by atoms with Crippen LogP contribution in [0, 0.1) is 0 Å². The summed E-state index contributed by atoms with van der Waals surface area (Å²) in [5, 5.41) is 5.11. The smallest absolute Gasteiger partial charge is 0.230 e. The van der Waals surface area contributed by atoms with E-state index in [0.717, 1.165) is 54.2 Å². The normalized spacial score (nSPS) is 16.8. The fourth-order valence-electron chi connectivity index (χ4n) is 4.60. The predicted octanol–water partition coefficient (Wildman–Crippen LogP) is 4.73. The molecule has 6 heteroatoms. The molecule has 3 aromatic rings. The highest BCUT2D eigenvalue weighted by Gasteiger charge is 2.21. The number of nitrogens with one attached hydrogen (secondary N) is 1. The van der Waals surface area contributed by atoms with Gasteiger partial charge in [-0.3, -0.25) is 4.79 Å². The molecule has 0 spiro atoms. The summed E-state index contributed by atoms with van der Waals surface area (Å²) in [6.07, 6.45) is 6.94. The number of benzene rings is 2. The number of hydrogen-bond acceptors (Lipinski definition) is 5. The van der Waals surface area contributed by atoms with Gasteiger partial charge in [0.25, 0.3) is 0 Å². The minimum absolute atomic E-state index is 0.105. The number of carbonyl (C=O) groups is 1. The van der Waals surface area contributed by atoms with E-state index >= 15 is 0 Å². The monoisotopic (exact) mass is 432 g/mol. The summed E-state index contributed by atoms with van der Waals surface area (Å²) < 4.78 is 0. The van der Waals surface area contributed by atoms with Crippen molar-refractivity contribution >= 4 is 34.5 Å². The lowest BCUT2D eigenvalue weighted by Gasteiger charge is -2.29. The maximum atomic E-state index is 12.6. The van der Waals surface area contributed by atoms with E-state index in [1.165, 1.54) is 42.2 Å². The average Bonchev–Trinajstić information content (AvgIpc) is 2.82. The summed E-state index contributed by atoms with van der Waals surface area (Å²) in [5.41, 5.74) is 3.68. The molecule has 1 fully saturated rings. The molecule has 1 amide bonds. The molecule has 0 saturated heterocycles. The highest BCUT2D eigenvalue weighted by Crippen LogP contribution is 2.30. The molecule has 0 unspecified atom stereocenters. The molecule has 0 radical (unpaired) electrons. The van der Waals surface area contributed by atoms with Gasteiger partial charge in [0, 0.05) is 24.5 Å². The van der Waals surface area contributed by atoms with Crippen LogP contribution in [0.25, 0.3) is 10.9 Å². The fourth-order valence-corrected chi connectivity index (χ4v) is 5.43. The molecule has 0 bridgehead atoms. The molecule has 2 aromatic carbocycles. The van der Waals surface area contributed by atoms with Crippen molar-refractivity contribution in [2.75, 3.05) is 17.2 Å². The molecule has 160 valence electrons. The van der Waals surface area contributed by atoms with Crippen LogP contribution in [0.1, 0.15) is 43.2 Å². The summed E-state index contributed by atoms with van der Waals surface area (Å²) in [7, 11) is 0. The van der Waals surface area contributed by atoms with Crippen LogP contribution in [0.15, 0.2) is 53.6 Å². The van der Waals surface area contributed by atoms with Gasteiger partial charge in [-0.05, 0) is 36.5 Å². The fraction of sp³-hybridized carbons (Fsp3) is 0.400. The molecule has 1 aliphatic heterocycles. The van der Waals surface area contributed by atoms with Gasteiger partial charge in [-0.25, -0.2) is 9.97 Å². The number of carbonyl (C=O) groups excluding carboxylic acids is 1. The Labute approximate surface area is 187 Å². The van der Waals surface area contributed by atoms with Crippen LogP contribution >= 0.6 is 11.8 Å². The molecule has 2 aliphatic rings. The lowest BCUT2D eigenvalue weighted by atomic mass is 9.95. The first kappa shape index (κ1) is 20.3. The van der Waals surface area contributed by atoms with Gasteiger partial charge in [0.05, 0.1) is 11.3 Å². The van der Waals surface area contributed by atoms with Gasteiger partial charge in [-0.1, -0.05) is 73.5 Å². The van der Waals surface area contributed by atoms with Gasteiger partial charge in [-0.2, -0.15) is 0 Å². The third kappa shape index (κ3) is 4.69. The molecule has 2 heterocycles. The second-order valence-corrected chi connectivity index (χ2v) is 9.44. The molecule has 1 aliphatic carbocycles. The standard InChI is InChI=1S/C25H28N4OS/c30-23(26-20-10-2-1-3-11-20)17-31-24-21-12-6-7-13-22(21)27-25(28-24)29-15-14-18-8-4-5-9-19(18)16-29/h4-9,12-13,20H,1-3,10-11,14-17H2,(H,26,30). The molecular formula is C25H28N4OS. The van der Waals surface area contributed by atoms with E-state index in [2.05, 4.69) is 34.5 Å². The number of rotatable bonds is 5. The van der Waals surface area contributed by atoms with Gasteiger partial charge >= 0.3 is 0 Å². The largest absolute Gasteiger partial charge is 0.353 e. The van der Waals surface area contributed by atoms with Gasteiger partial charge in [0.1, 0.15) is 5.03 Å². The van der Waals surface area contributed by atoms with E-state index in [1.807, 2.05) is 24.3 Å². The third-order valence-corrected chi connectivity index (χ3v) is 7.27. The lowest BCUT2D eigenvalue weighted by molar-refractivity contribution is -0.119. The number of anilines is 1. The van der Waals surface area contributed by atoms with Crippen molar-refractivity contribution in [3.05, 3.63) is 59.7 Å². The molecule has 0 atom stereocenters. The Bertz CT molecular complexity index is 1080. The first-order valence-corrected chi connectivity index (χ1v) is 12.3. The Morgan fingerprint density at radius 2 is 1.77 bits per heavy atom. The van der Waals surface area contributed by atoms with Crippen molar-refractivity contribution in [3.63, 3.8) is 0 Å². The number of para-hydroxylation sites is 1. The van der Waals surface area contributed by atoms with Gasteiger partial charge in [0.15, 0.2) is 0 Å². The second kappa shape index (κ2) is 9.27. The van der Waals surface area contributed by atoms with Crippen molar-refractivity contribution in [3.8, 4) is 0 Å². The van der Waals surface area contributed by atoms with Crippen molar-refractivity contribution in [1.29, 1.82) is 0 Å². The topological polar surface area (TPSA) is 58.1 Å². The van der Waals surface area contributed by atoms with Crippen LogP contribution in [0.2, 0.25) is 0 Å². The average molecular weight is 433 g/mol. The maximum Gasteiger partial charge on any atom is 0.230 e. The second-order valence-electron chi connectivity index (χ2n) is 8.48. The van der Waals surface area contributed by atoms with Crippen LogP contribution in [-0.2, 0) is 17.8 Å². The Kier molecular flexibility index (Phi) is 6.07. The van der Waals surface area contributed by atoms with E-state index < -0.39 is 0 Å². The van der Waals surface area contributed by atoms with Crippen LogP contribution in [0.5, 0.6) is 0 Å². The van der Waals surface area contributed by atoms with Crippen LogP contribution in [0.4, 0.5) is 5.95 Å². The Balaban J connectivity index is 1.35. The van der Waals surface area contributed by atoms with E-state index in [0.29, 0.717) is 11.8 Å². The van der Waals surface area contributed by atoms with Crippen LogP contribution in [-0.4, -0.2) is 34.2 Å². The zero-order chi connectivity index (χ0) is 21.0. The summed E-state index contributed by atoms with van der Waals surface area (Å²) in [5.74, 6) is 1.25. The number of hydrogen-bond donors (Lipinski definition) is 1. The van der Waals surface area contributed by atoms with Crippen molar-refractivity contribution in [2.45, 2.75) is 56.1 Å². The van der Waals surface area contributed by atoms with E-state index in [4.69, 9.17) is 9.97 Å². The van der Waals surface area contributed by atoms with E-state index in [-0.39, 0.29) is 5.91 Å². The van der Waals surface area contributed by atoms with Crippen LogP contribution < -0.4 is 10.2 Å². The van der Waals surface area contributed by atoms with Crippen molar-refractivity contribution < 1.29 is 4.79 Å². The molecule has 5 rings (SSSR count). The first-order chi connectivity index (χ1) is 15.3.